The smallest absolute Gasteiger partial charge is 0.340 e. The number of Topliss-reactive ketones (excluding diaryl/α,β-unsaturated/α-hetero) is 1. The maximum absolute atomic E-state index is 12.7. The number of carbonyl (C=O) groups excluding carboxylic acids is 2. The summed E-state index contributed by atoms with van der Waals surface area (Å²) < 4.78 is 16.5. The van der Waals surface area contributed by atoms with Gasteiger partial charge in [0.25, 0.3) is 0 Å². The van der Waals surface area contributed by atoms with Crippen molar-refractivity contribution in [1.29, 1.82) is 0 Å². The van der Waals surface area contributed by atoms with Gasteiger partial charge >= 0.3 is 5.97 Å². The van der Waals surface area contributed by atoms with Gasteiger partial charge in [0.2, 0.25) is 5.78 Å². The van der Waals surface area contributed by atoms with Crippen LogP contribution in [0.4, 0.5) is 0 Å². The van der Waals surface area contributed by atoms with Crippen LogP contribution in [0.3, 0.4) is 0 Å². The predicted octanol–water partition coefficient (Wildman–Crippen LogP) is 4.35. The minimum Gasteiger partial charge on any atom is -0.452 e. The first-order chi connectivity index (χ1) is 13.0. The monoisotopic (exact) mass is 384 g/mol. The van der Waals surface area contributed by atoms with E-state index in [1.165, 1.54) is 0 Å². The lowest BCUT2D eigenvalue weighted by atomic mass is 10.0. The Balaban J connectivity index is 1.59. The molecule has 4 rings (SSSR count). The minimum atomic E-state index is -0.528. The molecule has 0 saturated carbocycles. The summed E-state index contributed by atoms with van der Waals surface area (Å²) in [5, 5.41) is 0.576. The molecule has 1 unspecified atom stereocenters. The second kappa shape index (κ2) is 7.18. The first-order valence-corrected chi connectivity index (χ1v) is 9.07. The number of benzene rings is 2. The van der Waals surface area contributed by atoms with Gasteiger partial charge < -0.3 is 14.2 Å². The highest BCUT2D eigenvalue weighted by Crippen LogP contribution is 2.37. The van der Waals surface area contributed by atoms with Crippen LogP contribution >= 0.6 is 11.6 Å². The van der Waals surface area contributed by atoms with Crippen LogP contribution in [0.25, 0.3) is 6.08 Å². The number of fused-ring (bicyclic) bond motifs is 1. The molecule has 0 N–H and O–H groups in total. The summed E-state index contributed by atoms with van der Waals surface area (Å²) in [7, 11) is 0. The summed E-state index contributed by atoms with van der Waals surface area (Å²) in [5.41, 5.74) is 1.92. The highest BCUT2D eigenvalue weighted by Gasteiger charge is 2.31. The number of carbonyl (C=O) groups is 2. The van der Waals surface area contributed by atoms with E-state index < -0.39 is 12.1 Å². The Morgan fingerprint density at radius 2 is 2.15 bits per heavy atom. The van der Waals surface area contributed by atoms with E-state index in [4.69, 9.17) is 25.8 Å². The molecular formula is C21H17ClO5. The molecule has 27 heavy (non-hydrogen) atoms. The normalized spacial score (nSPS) is 19.9. The van der Waals surface area contributed by atoms with E-state index >= 15 is 0 Å². The van der Waals surface area contributed by atoms with Gasteiger partial charge in [-0.1, -0.05) is 23.7 Å². The Labute approximate surface area is 161 Å². The molecular weight excluding hydrogens is 368 g/mol. The number of hydrogen-bond acceptors (Lipinski definition) is 5. The number of halogens is 1. The first-order valence-electron chi connectivity index (χ1n) is 8.69. The van der Waals surface area contributed by atoms with Gasteiger partial charge in [-0.15, -0.1) is 0 Å². The lowest BCUT2D eigenvalue weighted by Gasteiger charge is -2.11. The lowest BCUT2D eigenvalue weighted by Crippen LogP contribution is -2.24. The molecule has 1 saturated heterocycles. The topological polar surface area (TPSA) is 61.8 Å². The molecule has 2 aliphatic heterocycles. The number of aryl methyl sites for hydroxylation is 1. The third-order valence-electron chi connectivity index (χ3n) is 4.50. The zero-order valence-corrected chi connectivity index (χ0v) is 15.4. The average Bonchev–Trinajstić information content (AvgIpc) is 3.24. The second-order valence-electron chi connectivity index (χ2n) is 6.53. The number of rotatable bonds is 3. The fourth-order valence-corrected chi connectivity index (χ4v) is 3.43. The molecule has 0 aliphatic carbocycles. The summed E-state index contributed by atoms with van der Waals surface area (Å²) in [5.74, 6) is 0.287. The highest BCUT2D eigenvalue weighted by molar-refractivity contribution is 6.30. The Bertz CT molecular complexity index is 957. The van der Waals surface area contributed by atoms with Crippen molar-refractivity contribution in [1.82, 2.24) is 0 Å². The van der Waals surface area contributed by atoms with Crippen LogP contribution in [-0.2, 0) is 9.53 Å². The second-order valence-corrected chi connectivity index (χ2v) is 6.97. The van der Waals surface area contributed by atoms with E-state index in [0.717, 1.165) is 12.0 Å². The van der Waals surface area contributed by atoms with Gasteiger partial charge in [-0.25, -0.2) is 4.79 Å². The van der Waals surface area contributed by atoms with Crippen molar-refractivity contribution in [3.8, 4) is 11.5 Å². The fraction of sp³-hybridized carbons (Fsp3) is 0.238. The third kappa shape index (κ3) is 3.61. The first kappa shape index (κ1) is 17.8. The van der Waals surface area contributed by atoms with E-state index in [1.54, 1.807) is 43.3 Å². The Kier molecular flexibility index (Phi) is 4.72. The summed E-state index contributed by atoms with van der Waals surface area (Å²) in [6.07, 6.45) is 2.62. The summed E-state index contributed by atoms with van der Waals surface area (Å²) in [6.45, 7) is 2.35. The van der Waals surface area contributed by atoms with Crippen LogP contribution in [0, 0.1) is 6.92 Å². The Morgan fingerprint density at radius 3 is 2.89 bits per heavy atom. The maximum atomic E-state index is 12.7. The largest absolute Gasteiger partial charge is 0.452 e. The van der Waals surface area contributed by atoms with Crippen LogP contribution in [0.15, 0.2) is 42.2 Å². The lowest BCUT2D eigenvalue weighted by molar-refractivity contribution is -0.144. The molecule has 2 aliphatic rings. The predicted molar refractivity (Wildman–Crippen MR) is 100 cm³/mol. The molecule has 0 bridgehead atoms. The highest BCUT2D eigenvalue weighted by atomic mass is 35.5. The Morgan fingerprint density at radius 1 is 1.30 bits per heavy atom. The third-order valence-corrected chi connectivity index (χ3v) is 4.74. The van der Waals surface area contributed by atoms with Gasteiger partial charge in [0.1, 0.15) is 11.5 Å². The zero-order valence-electron chi connectivity index (χ0n) is 14.7. The average molecular weight is 385 g/mol. The van der Waals surface area contributed by atoms with E-state index in [-0.39, 0.29) is 11.5 Å². The van der Waals surface area contributed by atoms with Crippen molar-refractivity contribution < 1.29 is 23.8 Å². The Hall–Kier alpha value is -2.63. The van der Waals surface area contributed by atoms with Crippen LogP contribution in [0.5, 0.6) is 11.5 Å². The number of ketones is 1. The quantitative estimate of drug-likeness (QED) is 0.447. The molecule has 2 aromatic carbocycles. The van der Waals surface area contributed by atoms with Gasteiger partial charge in [0, 0.05) is 17.7 Å². The van der Waals surface area contributed by atoms with Crippen LogP contribution < -0.4 is 9.47 Å². The minimum absolute atomic E-state index is 0.206. The molecule has 2 heterocycles. The van der Waals surface area contributed by atoms with Crippen molar-refractivity contribution in [3.63, 3.8) is 0 Å². The zero-order chi connectivity index (χ0) is 19.0. The van der Waals surface area contributed by atoms with Crippen molar-refractivity contribution in [2.45, 2.75) is 25.9 Å². The van der Waals surface area contributed by atoms with E-state index in [2.05, 4.69) is 0 Å². The van der Waals surface area contributed by atoms with Gasteiger partial charge in [0.15, 0.2) is 11.9 Å². The number of ether oxygens (including phenoxy) is 3. The van der Waals surface area contributed by atoms with Crippen molar-refractivity contribution >= 4 is 29.4 Å². The van der Waals surface area contributed by atoms with Crippen LogP contribution in [-0.4, -0.2) is 24.5 Å². The summed E-state index contributed by atoms with van der Waals surface area (Å²) in [4.78, 5) is 24.8. The molecule has 0 amide bonds. The van der Waals surface area contributed by atoms with Gasteiger partial charge in [-0.05, 0) is 55.2 Å². The van der Waals surface area contributed by atoms with E-state index in [1.807, 2.05) is 6.07 Å². The van der Waals surface area contributed by atoms with Crippen LogP contribution in [0.2, 0.25) is 5.02 Å². The van der Waals surface area contributed by atoms with Gasteiger partial charge in [0.05, 0.1) is 5.56 Å². The number of hydrogen-bond donors (Lipinski definition) is 0. The van der Waals surface area contributed by atoms with E-state index in [0.29, 0.717) is 40.7 Å². The molecule has 6 heteroatoms. The fourth-order valence-electron chi connectivity index (χ4n) is 3.23. The molecule has 0 aromatic heterocycles. The molecule has 0 spiro atoms. The van der Waals surface area contributed by atoms with Crippen molar-refractivity contribution in [3.05, 3.63) is 63.9 Å². The number of esters is 1. The standard InChI is InChI=1S/C21H17ClO5/c1-12-8-15(26-21(24)16-6-3-7-25-16)11-17-19(12)20(23)18(27-17)10-13-4-2-5-14(22)9-13/h2,4-5,8-11,16H,3,6-7H2,1H3/b18-10-. The van der Waals surface area contributed by atoms with E-state index in [9.17, 15) is 9.59 Å². The summed E-state index contributed by atoms with van der Waals surface area (Å²) in [6, 6.07) is 10.4. The molecule has 5 nitrogen and oxygen atoms in total. The van der Waals surface area contributed by atoms with Crippen molar-refractivity contribution in [2.75, 3.05) is 6.61 Å². The molecule has 1 atom stereocenters. The molecule has 0 radical (unpaired) electrons. The maximum Gasteiger partial charge on any atom is 0.340 e. The molecule has 1 fully saturated rings. The SMILES string of the molecule is Cc1cc(OC(=O)C2CCCO2)cc2c1C(=O)/C(=C/c1cccc(Cl)c1)O2. The molecule has 2 aromatic rings. The number of allylic oxidation sites excluding steroid dienone is 1. The van der Waals surface area contributed by atoms with Gasteiger partial charge in [-0.2, -0.15) is 0 Å². The van der Waals surface area contributed by atoms with Crippen molar-refractivity contribution in [2.24, 2.45) is 0 Å². The van der Waals surface area contributed by atoms with Gasteiger partial charge in [-0.3, -0.25) is 4.79 Å². The van der Waals surface area contributed by atoms with Crippen LogP contribution in [0.1, 0.15) is 34.3 Å². The molecule has 138 valence electrons. The summed E-state index contributed by atoms with van der Waals surface area (Å²) >= 11 is 5.99.